The van der Waals surface area contributed by atoms with Crippen LogP contribution in [0.25, 0.3) is 88.0 Å². The fourth-order valence-corrected chi connectivity index (χ4v) is 9.09. The molecule has 7 heteroatoms. The molecule has 0 radical (unpaired) electrons. The summed E-state index contributed by atoms with van der Waals surface area (Å²) < 4.78 is 15.6. The zero-order chi connectivity index (χ0) is 40.1. The predicted molar refractivity (Wildman–Crippen MR) is 243 cm³/mol. The monoisotopic (exact) mass is 966 g/mol. The van der Waals surface area contributed by atoms with Crippen molar-refractivity contribution in [3.05, 3.63) is 194 Å². The van der Waals surface area contributed by atoms with Gasteiger partial charge in [0.1, 0.15) is 11.3 Å². The molecule has 6 nitrogen and oxygen atoms in total. The summed E-state index contributed by atoms with van der Waals surface area (Å²) in [6.45, 7) is 6.68. The third-order valence-corrected chi connectivity index (χ3v) is 11.9. The average molecular weight is 967 g/mol. The van der Waals surface area contributed by atoms with E-state index in [1.54, 1.807) is 0 Å². The normalized spacial score (nSPS) is 12.0. The Labute approximate surface area is 366 Å². The van der Waals surface area contributed by atoms with Crippen molar-refractivity contribution in [2.24, 2.45) is 0 Å². The largest absolute Gasteiger partial charge is 0.510 e. The number of ether oxygens (including phenoxy) is 1. The van der Waals surface area contributed by atoms with Crippen molar-refractivity contribution in [3.8, 4) is 23.0 Å². The zero-order valence-corrected chi connectivity index (χ0v) is 35.9. The molecule has 12 rings (SSSR count). The summed E-state index contributed by atoms with van der Waals surface area (Å²) in [6, 6.07) is 64.8. The molecule has 0 N–H and O–H groups in total. The van der Waals surface area contributed by atoms with Gasteiger partial charge in [0, 0.05) is 60.6 Å². The van der Waals surface area contributed by atoms with Gasteiger partial charge in [0.05, 0.1) is 11.0 Å². The number of rotatable bonds is 4. The number of para-hydroxylation sites is 4. The standard InChI is InChI=1S/C54H37N5O.Pt/c1-54(2,3)35-29-30-55-51(31-35)58-47-24-11-8-21-43(47)44-28-27-38(33-50(44)58)60-37-16-14-15-36(32-37)56-34-57-46-23-10-6-19-41(46)39-17-4-5-18-40(39)42-20-7-12-25-48(42)59-49-26-13-9-22-45(49)52(56)53(57)59;/h4-31H,1-3H3;/q-2;. The van der Waals surface area contributed by atoms with Crippen LogP contribution in [0, 0.1) is 18.5 Å². The van der Waals surface area contributed by atoms with Gasteiger partial charge in [-0.15, -0.1) is 29.7 Å². The van der Waals surface area contributed by atoms with E-state index in [1.165, 1.54) is 21.7 Å². The van der Waals surface area contributed by atoms with E-state index in [0.717, 1.165) is 71.8 Å². The second-order valence-electron chi connectivity index (χ2n) is 16.5. The molecule has 12 aromatic rings. The van der Waals surface area contributed by atoms with Crippen LogP contribution >= 0.6 is 0 Å². The van der Waals surface area contributed by atoms with Crippen molar-refractivity contribution in [2.45, 2.75) is 26.2 Å². The maximum atomic E-state index is 6.68. The van der Waals surface area contributed by atoms with E-state index in [4.69, 9.17) is 9.72 Å². The molecule has 0 saturated heterocycles. The molecular weight excluding hydrogens is 930 g/mol. The summed E-state index contributed by atoms with van der Waals surface area (Å²) >= 11 is 0. The van der Waals surface area contributed by atoms with E-state index in [9.17, 15) is 0 Å². The number of aromatic nitrogens is 5. The minimum absolute atomic E-state index is 0. The first-order chi connectivity index (χ1) is 29.4. The number of imidazole rings is 1. The van der Waals surface area contributed by atoms with Crippen molar-refractivity contribution in [1.29, 1.82) is 0 Å². The minimum atomic E-state index is -0.0268. The maximum Gasteiger partial charge on any atom is 0.196 e. The molecule has 0 atom stereocenters. The Balaban J connectivity index is 0.00000420. The molecule has 0 unspecified atom stereocenters. The Morgan fingerprint density at radius 1 is 0.557 bits per heavy atom. The summed E-state index contributed by atoms with van der Waals surface area (Å²) in [6.07, 6.45) is 5.71. The van der Waals surface area contributed by atoms with Crippen molar-refractivity contribution in [2.75, 3.05) is 0 Å². The van der Waals surface area contributed by atoms with Crippen LogP contribution in [-0.2, 0) is 26.5 Å². The molecule has 0 aliphatic carbocycles. The van der Waals surface area contributed by atoms with Crippen LogP contribution in [0.15, 0.2) is 170 Å². The van der Waals surface area contributed by atoms with Gasteiger partial charge in [-0.25, -0.2) is 4.98 Å². The SMILES string of the molecule is CC(C)(C)c1ccnc(-n2c3[c-]c(Oc4[c-]c(-n5[c-][n+]6c7ccccc7c7ccccc7c7ccccc7n7c8ccccc8c5c76)ccc4)ccc3c3ccccc32)c1.[Pt]. The first-order valence-corrected chi connectivity index (χ1v) is 20.3. The van der Waals surface area contributed by atoms with Crippen LogP contribution < -0.4 is 9.14 Å². The Morgan fingerprint density at radius 2 is 1.16 bits per heavy atom. The number of nitrogens with zero attached hydrogens (tertiary/aromatic N) is 5. The van der Waals surface area contributed by atoms with Crippen LogP contribution in [0.2, 0.25) is 0 Å². The molecule has 0 fully saturated rings. The Kier molecular flexibility index (Phi) is 8.52. The van der Waals surface area contributed by atoms with Crippen LogP contribution in [0.3, 0.4) is 0 Å². The van der Waals surface area contributed by atoms with Crippen molar-refractivity contribution < 1.29 is 30.2 Å². The van der Waals surface area contributed by atoms with E-state index in [1.807, 2.05) is 24.4 Å². The van der Waals surface area contributed by atoms with Gasteiger partial charge in [0.2, 0.25) is 0 Å². The molecule has 0 spiro atoms. The van der Waals surface area contributed by atoms with Crippen molar-refractivity contribution >= 4 is 76.5 Å². The fourth-order valence-electron chi connectivity index (χ4n) is 9.09. The Morgan fingerprint density at radius 3 is 1.92 bits per heavy atom. The molecule has 296 valence electrons. The van der Waals surface area contributed by atoms with Gasteiger partial charge in [0.15, 0.2) is 12.0 Å². The van der Waals surface area contributed by atoms with E-state index in [0.29, 0.717) is 11.5 Å². The maximum absolute atomic E-state index is 6.68. The van der Waals surface area contributed by atoms with Crippen molar-refractivity contribution in [3.63, 3.8) is 0 Å². The quantitative estimate of drug-likeness (QED) is 0.130. The smallest absolute Gasteiger partial charge is 0.196 e. The number of fused-ring (bicyclic) bond motifs is 13. The van der Waals surface area contributed by atoms with Crippen LogP contribution in [0.1, 0.15) is 26.3 Å². The van der Waals surface area contributed by atoms with Gasteiger partial charge in [0.25, 0.3) is 0 Å². The number of hydrogen-bond acceptors (Lipinski definition) is 2. The molecule has 0 saturated carbocycles. The molecule has 0 amide bonds. The summed E-state index contributed by atoms with van der Waals surface area (Å²) in [5.41, 5.74) is 9.26. The summed E-state index contributed by atoms with van der Waals surface area (Å²) in [5, 5.41) is 7.99. The molecular formula is C54H37N5OPt-2. The van der Waals surface area contributed by atoms with Gasteiger partial charge in [-0.2, -0.15) is 18.2 Å². The molecule has 5 aromatic heterocycles. The van der Waals surface area contributed by atoms with Gasteiger partial charge < -0.3 is 13.9 Å². The fraction of sp³-hybridized carbons (Fsp3) is 0.0741. The number of benzene rings is 7. The molecule has 5 heterocycles. The molecule has 0 aliphatic heterocycles. The van der Waals surface area contributed by atoms with E-state index < -0.39 is 0 Å². The zero-order valence-electron chi connectivity index (χ0n) is 33.6. The van der Waals surface area contributed by atoms with E-state index >= 15 is 0 Å². The van der Waals surface area contributed by atoms with E-state index in [2.05, 4.69) is 203 Å². The molecule has 0 aliphatic rings. The van der Waals surface area contributed by atoms with Crippen LogP contribution in [-0.4, -0.2) is 18.5 Å². The van der Waals surface area contributed by atoms with Crippen molar-refractivity contribution in [1.82, 2.24) is 18.5 Å². The summed E-state index contributed by atoms with van der Waals surface area (Å²) in [5.74, 6) is 2.01. The first kappa shape index (κ1) is 37.0. The average Bonchev–Trinajstić information content (AvgIpc) is 3.94. The van der Waals surface area contributed by atoms with Crippen LogP contribution in [0.5, 0.6) is 11.5 Å². The topological polar surface area (TPSA) is 40.5 Å². The van der Waals surface area contributed by atoms with E-state index in [-0.39, 0.29) is 26.5 Å². The van der Waals surface area contributed by atoms with Gasteiger partial charge in [-0.3, -0.25) is 8.80 Å². The van der Waals surface area contributed by atoms with Crippen LogP contribution in [0.4, 0.5) is 0 Å². The molecule has 7 aromatic carbocycles. The third-order valence-electron chi connectivity index (χ3n) is 11.9. The number of pyridine rings is 1. The molecule has 61 heavy (non-hydrogen) atoms. The van der Waals surface area contributed by atoms with Gasteiger partial charge in [-0.05, 0) is 62.9 Å². The number of hydrogen-bond donors (Lipinski definition) is 0. The third kappa shape index (κ3) is 5.73. The second kappa shape index (κ2) is 14.0. The van der Waals surface area contributed by atoms with Gasteiger partial charge in [-0.1, -0.05) is 135 Å². The summed E-state index contributed by atoms with van der Waals surface area (Å²) in [4.78, 5) is 4.86. The minimum Gasteiger partial charge on any atom is -0.510 e. The first-order valence-electron chi connectivity index (χ1n) is 20.3. The molecule has 0 bridgehead atoms. The van der Waals surface area contributed by atoms with Gasteiger partial charge >= 0.3 is 0 Å². The summed E-state index contributed by atoms with van der Waals surface area (Å²) in [7, 11) is 0. The second-order valence-corrected chi connectivity index (χ2v) is 16.5. The predicted octanol–water partition coefficient (Wildman–Crippen LogP) is 12.6. The Hall–Kier alpha value is -7.01. The Bertz CT molecular complexity index is 3760.